The molecule has 0 saturated heterocycles. The van der Waals surface area contributed by atoms with Crippen molar-refractivity contribution < 1.29 is 4.74 Å². The van der Waals surface area contributed by atoms with Crippen molar-refractivity contribution in [2.75, 3.05) is 26.3 Å². The summed E-state index contributed by atoms with van der Waals surface area (Å²) in [5.74, 6) is 1.86. The summed E-state index contributed by atoms with van der Waals surface area (Å²) in [5, 5.41) is 3.55. The molecule has 0 aromatic carbocycles. The predicted octanol–water partition coefficient (Wildman–Crippen LogP) is 3.61. The summed E-state index contributed by atoms with van der Waals surface area (Å²) in [5.41, 5.74) is 0. The minimum Gasteiger partial charge on any atom is -0.382 e. The van der Waals surface area contributed by atoms with Crippen molar-refractivity contribution in [3.05, 3.63) is 0 Å². The molecule has 0 aliphatic heterocycles. The van der Waals surface area contributed by atoms with Crippen LogP contribution < -0.4 is 5.32 Å². The molecule has 0 heterocycles. The molecule has 0 spiro atoms. The second-order valence-corrected chi connectivity index (χ2v) is 5.30. The van der Waals surface area contributed by atoms with Crippen LogP contribution in [0, 0.1) is 11.8 Å². The minimum absolute atomic E-state index is 0.867. The number of rotatable bonds is 8. The smallest absolute Gasteiger partial charge is 0.0465 e. The van der Waals surface area contributed by atoms with Gasteiger partial charge in [-0.2, -0.15) is 0 Å². The summed E-state index contributed by atoms with van der Waals surface area (Å²) < 4.78 is 5.46. The van der Waals surface area contributed by atoms with E-state index in [0.717, 1.165) is 31.6 Å². The molecule has 2 unspecified atom stereocenters. The maximum absolute atomic E-state index is 5.46. The second kappa shape index (κ2) is 9.90. The van der Waals surface area contributed by atoms with Crippen LogP contribution in [-0.2, 0) is 4.74 Å². The Morgan fingerprint density at radius 2 is 1.82 bits per heavy atom. The number of ether oxygens (including phenoxy) is 1. The largest absolute Gasteiger partial charge is 0.382 e. The lowest BCUT2D eigenvalue weighted by Gasteiger charge is -2.25. The third-order valence-electron chi connectivity index (χ3n) is 4.04. The zero-order chi connectivity index (χ0) is 12.3. The van der Waals surface area contributed by atoms with E-state index in [1.807, 2.05) is 0 Å². The lowest BCUT2D eigenvalue weighted by atomic mass is 9.84. The third kappa shape index (κ3) is 6.42. The Morgan fingerprint density at radius 1 is 1.06 bits per heavy atom. The van der Waals surface area contributed by atoms with Gasteiger partial charge < -0.3 is 10.1 Å². The fourth-order valence-electron chi connectivity index (χ4n) is 3.03. The highest BCUT2D eigenvalue weighted by molar-refractivity contribution is 4.75. The van der Waals surface area contributed by atoms with E-state index in [1.54, 1.807) is 0 Å². The molecule has 1 aliphatic carbocycles. The van der Waals surface area contributed by atoms with Gasteiger partial charge in [0.25, 0.3) is 0 Å². The van der Waals surface area contributed by atoms with Gasteiger partial charge in [-0.1, -0.05) is 32.6 Å². The average Bonchev–Trinajstić information content (AvgIpc) is 2.57. The van der Waals surface area contributed by atoms with E-state index in [1.165, 1.54) is 51.5 Å². The van der Waals surface area contributed by atoms with Crippen molar-refractivity contribution in [2.45, 2.75) is 58.8 Å². The average molecular weight is 241 g/mol. The van der Waals surface area contributed by atoms with Crippen LogP contribution in [-0.4, -0.2) is 26.3 Å². The monoisotopic (exact) mass is 241 g/mol. The van der Waals surface area contributed by atoms with Crippen molar-refractivity contribution in [3.63, 3.8) is 0 Å². The molecule has 2 heteroatoms. The number of hydrogen-bond donors (Lipinski definition) is 1. The van der Waals surface area contributed by atoms with Crippen molar-refractivity contribution in [1.29, 1.82) is 0 Å². The third-order valence-corrected chi connectivity index (χ3v) is 4.04. The fraction of sp³-hybridized carbons (Fsp3) is 1.00. The summed E-state index contributed by atoms with van der Waals surface area (Å²) in [7, 11) is 0. The minimum atomic E-state index is 0.867. The SMILES string of the molecule is CCNCC1CCCCCC1CCCOCC. The molecule has 0 aromatic heterocycles. The Kier molecular flexibility index (Phi) is 8.72. The number of nitrogens with one attached hydrogen (secondary N) is 1. The van der Waals surface area contributed by atoms with Gasteiger partial charge in [0.05, 0.1) is 0 Å². The standard InChI is InChI=1S/C15H31NO/c1-3-16-13-15-10-7-5-6-9-14(15)11-8-12-17-4-2/h14-16H,3-13H2,1-2H3. The molecule has 1 fully saturated rings. The molecule has 1 rings (SSSR count). The van der Waals surface area contributed by atoms with Crippen LogP contribution in [0.3, 0.4) is 0 Å². The summed E-state index contributed by atoms with van der Waals surface area (Å²) >= 11 is 0. The maximum atomic E-state index is 5.46. The van der Waals surface area contributed by atoms with Crippen LogP contribution in [0.5, 0.6) is 0 Å². The van der Waals surface area contributed by atoms with Crippen molar-refractivity contribution >= 4 is 0 Å². The maximum Gasteiger partial charge on any atom is 0.0465 e. The lowest BCUT2D eigenvalue weighted by Crippen LogP contribution is -2.27. The van der Waals surface area contributed by atoms with E-state index in [2.05, 4.69) is 19.2 Å². The van der Waals surface area contributed by atoms with Crippen molar-refractivity contribution in [3.8, 4) is 0 Å². The summed E-state index contributed by atoms with van der Waals surface area (Å²) in [6, 6.07) is 0. The Bertz CT molecular complexity index is 172. The van der Waals surface area contributed by atoms with E-state index in [-0.39, 0.29) is 0 Å². The van der Waals surface area contributed by atoms with Gasteiger partial charge in [-0.3, -0.25) is 0 Å². The molecule has 1 saturated carbocycles. The van der Waals surface area contributed by atoms with Gasteiger partial charge >= 0.3 is 0 Å². The topological polar surface area (TPSA) is 21.3 Å². The Balaban J connectivity index is 2.27. The van der Waals surface area contributed by atoms with Gasteiger partial charge in [0.1, 0.15) is 0 Å². The second-order valence-electron chi connectivity index (χ2n) is 5.30. The first kappa shape index (κ1) is 15.0. The molecule has 0 radical (unpaired) electrons. The van der Waals surface area contributed by atoms with Crippen LogP contribution >= 0.6 is 0 Å². The van der Waals surface area contributed by atoms with Crippen LogP contribution in [0.2, 0.25) is 0 Å². The van der Waals surface area contributed by atoms with E-state index in [9.17, 15) is 0 Å². The van der Waals surface area contributed by atoms with Gasteiger partial charge in [0.15, 0.2) is 0 Å². The first-order valence-corrected chi connectivity index (χ1v) is 7.66. The molecule has 2 atom stereocenters. The molecular weight excluding hydrogens is 210 g/mol. The molecule has 1 aliphatic rings. The summed E-state index contributed by atoms with van der Waals surface area (Å²) in [4.78, 5) is 0. The van der Waals surface area contributed by atoms with Crippen molar-refractivity contribution in [1.82, 2.24) is 5.32 Å². The molecule has 102 valence electrons. The van der Waals surface area contributed by atoms with Crippen LogP contribution in [0.1, 0.15) is 58.8 Å². The predicted molar refractivity (Wildman–Crippen MR) is 74.3 cm³/mol. The molecular formula is C15H31NO. The zero-order valence-electron chi connectivity index (χ0n) is 11.8. The van der Waals surface area contributed by atoms with Crippen LogP contribution in [0.4, 0.5) is 0 Å². The van der Waals surface area contributed by atoms with Gasteiger partial charge in [-0.05, 0) is 51.1 Å². The van der Waals surface area contributed by atoms with Crippen molar-refractivity contribution in [2.24, 2.45) is 11.8 Å². The highest BCUT2D eigenvalue weighted by Gasteiger charge is 2.22. The Hall–Kier alpha value is -0.0800. The summed E-state index contributed by atoms with van der Waals surface area (Å²) in [6.07, 6.45) is 9.84. The first-order valence-electron chi connectivity index (χ1n) is 7.66. The molecule has 0 amide bonds. The van der Waals surface area contributed by atoms with Gasteiger partial charge in [0, 0.05) is 13.2 Å². The Labute approximate surface area is 108 Å². The first-order chi connectivity index (χ1) is 8.38. The fourth-order valence-corrected chi connectivity index (χ4v) is 3.03. The molecule has 1 N–H and O–H groups in total. The number of hydrogen-bond acceptors (Lipinski definition) is 2. The van der Waals surface area contributed by atoms with E-state index >= 15 is 0 Å². The van der Waals surface area contributed by atoms with Gasteiger partial charge in [-0.25, -0.2) is 0 Å². The molecule has 0 bridgehead atoms. The molecule has 17 heavy (non-hydrogen) atoms. The van der Waals surface area contributed by atoms with Crippen LogP contribution in [0.15, 0.2) is 0 Å². The van der Waals surface area contributed by atoms with E-state index in [0.29, 0.717) is 0 Å². The lowest BCUT2D eigenvalue weighted by molar-refractivity contribution is 0.134. The zero-order valence-corrected chi connectivity index (χ0v) is 11.8. The highest BCUT2D eigenvalue weighted by atomic mass is 16.5. The van der Waals surface area contributed by atoms with Gasteiger partial charge in [-0.15, -0.1) is 0 Å². The Morgan fingerprint density at radius 3 is 2.53 bits per heavy atom. The molecule has 2 nitrogen and oxygen atoms in total. The van der Waals surface area contributed by atoms with E-state index in [4.69, 9.17) is 4.74 Å². The summed E-state index contributed by atoms with van der Waals surface area (Å²) in [6.45, 7) is 8.46. The quantitative estimate of drug-likeness (QED) is 0.518. The highest BCUT2D eigenvalue weighted by Crippen LogP contribution is 2.31. The molecule has 0 aromatic rings. The van der Waals surface area contributed by atoms with Crippen LogP contribution in [0.25, 0.3) is 0 Å². The normalized spacial score (nSPS) is 25.8. The van der Waals surface area contributed by atoms with E-state index < -0.39 is 0 Å². The van der Waals surface area contributed by atoms with Gasteiger partial charge in [0.2, 0.25) is 0 Å².